The Morgan fingerprint density at radius 1 is 1.67 bits per heavy atom. The van der Waals surface area contributed by atoms with Crippen LogP contribution in [0.5, 0.6) is 0 Å². The molecule has 0 aliphatic heterocycles. The van der Waals surface area contributed by atoms with E-state index in [1.165, 1.54) is 11.8 Å². The molecule has 50 valence electrons. The van der Waals surface area contributed by atoms with E-state index in [4.69, 9.17) is 6.42 Å². The van der Waals surface area contributed by atoms with Gasteiger partial charge in [-0.2, -0.15) is 11.8 Å². The van der Waals surface area contributed by atoms with Crippen molar-refractivity contribution < 1.29 is 4.79 Å². The number of carbonyl (C=O) groups is 1. The molecule has 1 nitrogen and oxygen atoms in total. The van der Waals surface area contributed by atoms with Gasteiger partial charge in [-0.1, -0.05) is 0 Å². The van der Waals surface area contributed by atoms with E-state index < -0.39 is 4.75 Å². The molecule has 0 fully saturated rings. The zero-order valence-electron chi connectivity index (χ0n) is 5.89. The van der Waals surface area contributed by atoms with Gasteiger partial charge in [-0.3, -0.25) is 4.79 Å². The molecular formula is C7H10OS. The highest BCUT2D eigenvalue weighted by molar-refractivity contribution is 8.00. The van der Waals surface area contributed by atoms with Gasteiger partial charge in [-0.05, 0) is 26.0 Å². The van der Waals surface area contributed by atoms with Crippen LogP contribution in [0.15, 0.2) is 0 Å². The molecule has 0 aliphatic rings. The van der Waals surface area contributed by atoms with Crippen molar-refractivity contribution >= 4 is 17.5 Å². The molecule has 0 atom stereocenters. The number of thioether (sulfide) groups is 1. The first-order valence-corrected chi connectivity index (χ1v) is 3.83. The zero-order valence-corrected chi connectivity index (χ0v) is 6.71. The first kappa shape index (κ1) is 8.58. The number of hydrogen-bond donors (Lipinski definition) is 0. The summed E-state index contributed by atoms with van der Waals surface area (Å²) in [5.74, 6) is 1.95. The minimum absolute atomic E-state index is 0.144. The van der Waals surface area contributed by atoms with Gasteiger partial charge in [0.05, 0.1) is 4.75 Å². The number of hydrogen-bond acceptors (Lipinski definition) is 2. The quantitative estimate of drug-likeness (QED) is 0.427. The summed E-state index contributed by atoms with van der Waals surface area (Å²) in [5.41, 5.74) is 0. The van der Waals surface area contributed by atoms with E-state index in [9.17, 15) is 4.79 Å². The van der Waals surface area contributed by atoms with Crippen LogP contribution in [-0.2, 0) is 4.79 Å². The predicted octanol–water partition coefficient (Wildman–Crippen LogP) is 1.33. The molecule has 0 aromatic carbocycles. The maximum atomic E-state index is 10.8. The van der Waals surface area contributed by atoms with Crippen LogP contribution in [0.4, 0.5) is 0 Å². The van der Waals surface area contributed by atoms with Gasteiger partial charge < -0.3 is 0 Å². The molecule has 0 saturated carbocycles. The van der Waals surface area contributed by atoms with Crippen molar-refractivity contribution in [1.82, 2.24) is 0 Å². The Bertz CT molecular complexity index is 153. The third kappa shape index (κ3) is 2.11. The van der Waals surface area contributed by atoms with Crippen molar-refractivity contribution in [2.45, 2.75) is 18.6 Å². The number of rotatable bonds is 2. The molecule has 0 N–H and O–H groups in total. The largest absolute Gasteiger partial charge is 0.283 e. The molecular weight excluding hydrogens is 132 g/mol. The molecule has 0 spiro atoms. The van der Waals surface area contributed by atoms with Crippen LogP contribution in [0, 0.1) is 12.3 Å². The average Bonchev–Trinajstić information content (AvgIpc) is 1.86. The summed E-state index contributed by atoms with van der Waals surface area (Å²) in [4.78, 5) is 10.8. The van der Waals surface area contributed by atoms with Crippen LogP contribution in [0.1, 0.15) is 13.8 Å². The minimum atomic E-state index is -0.408. The summed E-state index contributed by atoms with van der Waals surface area (Å²) in [6, 6.07) is 0. The van der Waals surface area contributed by atoms with Crippen molar-refractivity contribution in [3.63, 3.8) is 0 Å². The minimum Gasteiger partial charge on any atom is -0.283 e. The van der Waals surface area contributed by atoms with Crippen molar-refractivity contribution in [2.24, 2.45) is 0 Å². The van der Waals surface area contributed by atoms with E-state index >= 15 is 0 Å². The number of ketones is 1. The summed E-state index contributed by atoms with van der Waals surface area (Å²) >= 11 is 1.47. The SMILES string of the molecule is C#CC(=O)C(C)(C)SC. The van der Waals surface area contributed by atoms with Gasteiger partial charge in [0, 0.05) is 0 Å². The van der Waals surface area contributed by atoms with Crippen LogP contribution in [0.3, 0.4) is 0 Å². The second-order valence-corrected chi connectivity index (χ2v) is 3.62. The van der Waals surface area contributed by atoms with Crippen molar-refractivity contribution in [3.8, 4) is 12.3 Å². The molecule has 0 radical (unpaired) electrons. The molecule has 0 bridgehead atoms. The third-order valence-electron chi connectivity index (χ3n) is 1.19. The summed E-state index contributed by atoms with van der Waals surface area (Å²) in [5, 5.41) is 0. The van der Waals surface area contributed by atoms with Gasteiger partial charge in [-0.15, -0.1) is 6.42 Å². The molecule has 9 heavy (non-hydrogen) atoms. The number of Topliss-reactive ketones (excluding diaryl/α,β-unsaturated/α-hetero) is 1. The van der Waals surface area contributed by atoms with Gasteiger partial charge in [0.1, 0.15) is 0 Å². The van der Waals surface area contributed by atoms with E-state index in [2.05, 4.69) is 5.92 Å². The molecule has 0 rings (SSSR count). The molecule has 0 aromatic heterocycles. The van der Waals surface area contributed by atoms with Crippen molar-refractivity contribution in [1.29, 1.82) is 0 Å². The Labute approximate surface area is 60.2 Å². The normalized spacial score (nSPS) is 10.4. The van der Waals surface area contributed by atoms with Gasteiger partial charge in [0.15, 0.2) is 0 Å². The lowest BCUT2D eigenvalue weighted by atomic mass is 10.1. The second kappa shape index (κ2) is 2.93. The second-order valence-electron chi connectivity index (χ2n) is 2.19. The molecule has 0 amide bonds. The number of carbonyl (C=O) groups excluding carboxylic acids is 1. The highest BCUT2D eigenvalue weighted by Crippen LogP contribution is 2.21. The average molecular weight is 142 g/mol. The Kier molecular flexibility index (Phi) is 2.80. The summed E-state index contributed by atoms with van der Waals surface area (Å²) in [6.07, 6.45) is 6.79. The first-order valence-electron chi connectivity index (χ1n) is 2.61. The van der Waals surface area contributed by atoms with Crippen LogP contribution in [0.25, 0.3) is 0 Å². The fraction of sp³-hybridized carbons (Fsp3) is 0.571. The van der Waals surface area contributed by atoms with E-state index in [0.29, 0.717) is 0 Å². The fourth-order valence-electron chi connectivity index (χ4n) is 0.266. The Hall–Kier alpha value is -0.420. The van der Waals surface area contributed by atoms with Crippen LogP contribution < -0.4 is 0 Å². The lowest BCUT2D eigenvalue weighted by Crippen LogP contribution is -2.25. The summed E-state index contributed by atoms with van der Waals surface area (Å²) in [7, 11) is 0. The molecule has 0 unspecified atom stereocenters. The van der Waals surface area contributed by atoms with E-state index in [1.807, 2.05) is 20.1 Å². The lowest BCUT2D eigenvalue weighted by molar-refractivity contribution is -0.115. The third-order valence-corrected chi connectivity index (χ3v) is 2.39. The maximum absolute atomic E-state index is 10.8. The van der Waals surface area contributed by atoms with Gasteiger partial charge >= 0.3 is 0 Å². The Morgan fingerprint density at radius 2 is 2.11 bits per heavy atom. The van der Waals surface area contributed by atoms with Crippen LogP contribution >= 0.6 is 11.8 Å². The maximum Gasteiger partial charge on any atom is 0.220 e. The van der Waals surface area contributed by atoms with Crippen LogP contribution in [0.2, 0.25) is 0 Å². The predicted molar refractivity (Wildman–Crippen MR) is 41.4 cm³/mol. The Balaban J connectivity index is 4.19. The molecule has 0 aliphatic carbocycles. The van der Waals surface area contributed by atoms with Crippen molar-refractivity contribution in [2.75, 3.05) is 6.26 Å². The van der Waals surface area contributed by atoms with Crippen molar-refractivity contribution in [3.05, 3.63) is 0 Å². The van der Waals surface area contributed by atoms with Gasteiger partial charge in [0.25, 0.3) is 0 Å². The Morgan fingerprint density at radius 3 is 2.22 bits per heavy atom. The smallest absolute Gasteiger partial charge is 0.220 e. The topological polar surface area (TPSA) is 17.1 Å². The summed E-state index contributed by atoms with van der Waals surface area (Å²) < 4.78 is -0.408. The fourth-order valence-corrected chi connectivity index (χ4v) is 0.511. The number of terminal acetylenes is 1. The summed E-state index contributed by atoms with van der Waals surface area (Å²) in [6.45, 7) is 3.64. The highest BCUT2D eigenvalue weighted by Gasteiger charge is 2.23. The van der Waals surface area contributed by atoms with Gasteiger partial charge in [-0.25, -0.2) is 0 Å². The van der Waals surface area contributed by atoms with Crippen LogP contribution in [-0.4, -0.2) is 16.8 Å². The molecule has 0 heterocycles. The first-order chi connectivity index (χ1) is 4.04. The molecule has 0 saturated heterocycles. The lowest BCUT2D eigenvalue weighted by Gasteiger charge is -2.15. The van der Waals surface area contributed by atoms with E-state index in [0.717, 1.165) is 0 Å². The molecule has 0 aromatic rings. The van der Waals surface area contributed by atoms with E-state index in [-0.39, 0.29) is 5.78 Å². The monoisotopic (exact) mass is 142 g/mol. The van der Waals surface area contributed by atoms with Gasteiger partial charge in [0.2, 0.25) is 5.78 Å². The van der Waals surface area contributed by atoms with E-state index in [1.54, 1.807) is 0 Å². The zero-order chi connectivity index (χ0) is 7.49. The highest BCUT2D eigenvalue weighted by atomic mass is 32.2. The molecule has 2 heteroatoms. The standard InChI is InChI=1S/C7H10OS/c1-5-6(8)7(2,3)9-4/h1H,2-4H3.